The van der Waals surface area contributed by atoms with Gasteiger partial charge in [0.2, 0.25) is 0 Å². The summed E-state index contributed by atoms with van der Waals surface area (Å²) in [7, 11) is -1.53. The van der Waals surface area contributed by atoms with Crippen LogP contribution < -0.4 is 0 Å². The summed E-state index contributed by atoms with van der Waals surface area (Å²) in [5.74, 6) is 0. The number of hydrogen-bond acceptors (Lipinski definition) is 2. The molecule has 0 spiro atoms. The molecule has 0 atom stereocenters. The van der Waals surface area contributed by atoms with E-state index in [1.165, 1.54) is 20.8 Å². The molecular weight excluding hydrogens is 495 g/mol. The first-order valence-electron chi connectivity index (χ1n) is 9.80. The Bertz CT molecular complexity index is 1120. The largest absolute Gasteiger partial charge is 0.350 e. The zero-order valence-electron chi connectivity index (χ0n) is 17.1. The van der Waals surface area contributed by atoms with Crippen molar-refractivity contribution in [2.45, 2.75) is 38.0 Å². The zero-order chi connectivity index (χ0) is 21.0. The second-order valence-electron chi connectivity index (χ2n) is 7.32. The highest BCUT2D eigenvalue weighted by Crippen LogP contribution is 2.26. The summed E-state index contributed by atoms with van der Waals surface area (Å²) in [4.78, 5) is 0.338. The van der Waals surface area contributed by atoms with Crippen molar-refractivity contribution in [3.8, 4) is 0 Å². The molecule has 0 bridgehead atoms. The summed E-state index contributed by atoms with van der Waals surface area (Å²) < 4.78 is 31.1. The molecule has 0 aliphatic rings. The van der Waals surface area contributed by atoms with Gasteiger partial charge in [-0.15, -0.1) is 0 Å². The Hall–Kier alpha value is -1.80. The van der Waals surface area contributed by atoms with Crippen molar-refractivity contribution in [2.75, 3.05) is 6.54 Å². The number of aromatic nitrogens is 1. The number of para-hydroxylation sites is 1. The number of nitrogens with zero attached hydrogens (tertiary/aromatic N) is 2. The van der Waals surface area contributed by atoms with Crippen LogP contribution in [0.25, 0.3) is 10.9 Å². The molecule has 29 heavy (non-hydrogen) atoms. The van der Waals surface area contributed by atoms with Gasteiger partial charge in [-0.3, -0.25) is 4.31 Å². The van der Waals surface area contributed by atoms with Crippen LogP contribution in [0.2, 0.25) is 0 Å². The Morgan fingerprint density at radius 2 is 1.83 bits per heavy atom. The molecule has 0 radical (unpaired) electrons. The average Bonchev–Trinajstić information content (AvgIpc) is 3.01. The Balaban J connectivity index is 1.92. The molecule has 0 saturated carbocycles. The van der Waals surface area contributed by atoms with Gasteiger partial charge < -0.3 is 4.57 Å². The van der Waals surface area contributed by atoms with Crippen LogP contribution >= 0.6 is 22.6 Å². The van der Waals surface area contributed by atoms with Crippen molar-refractivity contribution < 1.29 is 8.42 Å². The first-order chi connectivity index (χ1) is 13.8. The van der Waals surface area contributed by atoms with Gasteiger partial charge in [0.05, 0.1) is 4.90 Å². The van der Waals surface area contributed by atoms with Crippen LogP contribution in [0.15, 0.2) is 69.4 Å². The van der Waals surface area contributed by atoms with E-state index in [9.17, 15) is 8.42 Å². The molecule has 0 aliphatic carbocycles. The van der Waals surface area contributed by atoms with Crippen molar-refractivity contribution >= 4 is 43.5 Å². The van der Waals surface area contributed by atoms with Gasteiger partial charge in [0.15, 0.2) is 0 Å². The number of rotatable bonds is 8. The highest BCUT2D eigenvalue weighted by molar-refractivity contribution is 14.1. The second kappa shape index (κ2) is 9.34. The van der Waals surface area contributed by atoms with Crippen molar-refractivity contribution in [1.82, 2.24) is 8.87 Å². The number of fused-ring (bicyclic) bond motifs is 1. The average molecular weight is 522 g/mol. The summed E-state index contributed by atoms with van der Waals surface area (Å²) in [6.07, 6.45) is 6.39. The molecular formula is C23H27IN2O2S. The fourth-order valence-corrected chi connectivity index (χ4v) is 5.69. The van der Waals surface area contributed by atoms with Crippen LogP contribution in [0.5, 0.6) is 0 Å². The van der Waals surface area contributed by atoms with E-state index in [1.807, 2.05) is 38.2 Å². The van der Waals surface area contributed by atoms with Gasteiger partial charge in [-0.05, 0) is 59.7 Å². The minimum absolute atomic E-state index is 0.338. The van der Waals surface area contributed by atoms with Gasteiger partial charge in [-0.25, -0.2) is 8.42 Å². The Labute approximate surface area is 187 Å². The Kier molecular flexibility index (Phi) is 7.05. The lowest BCUT2D eigenvalue weighted by Crippen LogP contribution is -2.27. The number of aryl methyl sites for hydroxylation is 2. The normalized spacial score (nSPS) is 12.5. The predicted molar refractivity (Wildman–Crippen MR) is 129 cm³/mol. The first-order valence-corrected chi connectivity index (χ1v) is 12.3. The van der Waals surface area contributed by atoms with Gasteiger partial charge in [-0.2, -0.15) is 0 Å². The van der Waals surface area contributed by atoms with E-state index < -0.39 is 10.0 Å². The van der Waals surface area contributed by atoms with Crippen LogP contribution in [-0.4, -0.2) is 23.8 Å². The van der Waals surface area contributed by atoms with Crippen molar-refractivity contribution in [1.29, 1.82) is 0 Å². The number of sulfonamides is 1. The Morgan fingerprint density at radius 1 is 1.14 bits per heavy atom. The van der Waals surface area contributed by atoms with Gasteiger partial charge in [0.25, 0.3) is 10.0 Å². The topological polar surface area (TPSA) is 42.3 Å². The van der Waals surface area contributed by atoms with Gasteiger partial charge in [-0.1, -0.05) is 49.2 Å². The highest BCUT2D eigenvalue weighted by atomic mass is 127. The number of benzene rings is 2. The molecule has 1 aromatic heterocycles. The van der Waals surface area contributed by atoms with Crippen LogP contribution in [0.1, 0.15) is 30.9 Å². The maximum atomic E-state index is 13.2. The van der Waals surface area contributed by atoms with Crippen molar-refractivity contribution in [2.24, 2.45) is 7.05 Å². The van der Waals surface area contributed by atoms with Gasteiger partial charge in [0.1, 0.15) is 0 Å². The van der Waals surface area contributed by atoms with Gasteiger partial charge >= 0.3 is 0 Å². The molecule has 1 heterocycles. The maximum Gasteiger partial charge on any atom is 0.263 e. The third kappa shape index (κ3) is 5.04. The number of unbranched alkanes of at least 4 members (excludes halogenated alkanes) is 1. The molecule has 6 heteroatoms. The lowest BCUT2D eigenvalue weighted by atomic mass is 10.1. The van der Waals surface area contributed by atoms with Gasteiger partial charge in [0, 0.05) is 46.9 Å². The van der Waals surface area contributed by atoms with Crippen LogP contribution in [0.3, 0.4) is 0 Å². The first kappa shape index (κ1) is 21.9. The SMILES string of the molecule is CCCCN(/C=C(\I)Cc1cn(C)c2ccccc12)S(=O)(=O)c1ccc(C)cc1. The van der Waals surface area contributed by atoms with Crippen LogP contribution in [-0.2, 0) is 23.5 Å². The van der Waals surface area contributed by atoms with Crippen LogP contribution in [0, 0.1) is 6.92 Å². The molecule has 0 aliphatic heterocycles. The summed E-state index contributed by atoms with van der Waals surface area (Å²) in [5, 5.41) is 1.21. The van der Waals surface area contributed by atoms with E-state index in [0.29, 0.717) is 17.9 Å². The van der Waals surface area contributed by atoms with E-state index in [-0.39, 0.29) is 0 Å². The fraction of sp³-hybridized carbons (Fsp3) is 0.304. The summed E-state index contributed by atoms with van der Waals surface area (Å²) in [6, 6.07) is 15.4. The third-order valence-electron chi connectivity index (χ3n) is 4.98. The third-order valence-corrected chi connectivity index (χ3v) is 7.42. The maximum absolute atomic E-state index is 13.2. The minimum atomic E-state index is -3.57. The molecule has 0 fully saturated rings. The highest BCUT2D eigenvalue weighted by Gasteiger charge is 2.22. The lowest BCUT2D eigenvalue weighted by Gasteiger charge is -2.21. The smallest absolute Gasteiger partial charge is 0.263 e. The molecule has 2 aromatic carbocycles. The van der Waals surface area contributed by atoms with Crippen molar-refractivity contribution in [3.63, 3.8) is 0 Å². The zero-order valence-corrected chi connectivity index (χ0v) is 20.1. The minimum Gasteiger partial charge on any atom is -0.350 e. The van der Waals surface area contributed by atoms with E-state index in [0.717, 1.165) is 22.0 Å². The monoisotopic (exact) mass is 522 g/mol. The summed E-state index contributed by atoms with van der Waals surface area (Å²) in [6.45, 7) is 4.51. The van der Waals surface area contributed by atoms with E-state index in [2.05, 4.69) is 52.4 Å². The second-order valence-corrected chi connectivity index (χ2v) is 10.6. The quantitative estimate of drug-likeness (QED) is 0.351. The van der Waals surface area contributed by atoms with E-state index >= 15 is 0 Å². The Morgan fingerprint density at radius 3 is 2.52 bits per heavy atom. The molecule has 154 valence electrons. The summed E-state index contributed by atoms with van der Waals surface area (Å²) in [5.41, 5.74) is 3.43. The molecule has 0 unspecified atom stereocenters. The molecule has 3 rings (SSSR count). The standard InChI is InChI=1S/C23H27IN2O2S/c1-4-5-14-26(29(27,28)21-12-10-18(2)11-13-21)17-20(24)15-19-16-25(3)23-9-7-6-8-22(19)23/h6-13,16-17H,4-5,14-15H2,1-3H3/b20-17-. The van der Waals surface area contributed by atoms with E-state index in [4.69, 9.17) is 0 Å². The molecule has 0 N–H and O–H groups in total. The molecule has 0 saturated heterocycles. The molecule has 3 aromatic rings. The number of allylic oxidation sites excluding steroid dienone is 1. The van der Waals surface area contributed by atoms with Crippen LogP contribution in [0.4, 0.5) is 0 Å². The number of hydrogen-bond donors (Lipinski definition) is 0. The molecule has 0 amide bonds. The summed E-state index contributed by atoms with van der Waals surface area (Å²) >= 11 is 2.26. The molecule has 4 nitrogen and oxygen atoms in total. The van der Waals surface area contributed by atoms with E-state index in [1.54, 1.807) is 18.3 Å². The van der Waals surface area contributed by atoms with Crippen molar-refractivity contribution in [3.05, 3.63) is 75.6 Å². The fourth-order valence-electron chi connectivity index (χ4n) is 3.36. The number of halogens is 1. The lowest BCUT2D eigenvalue weighted by molar-refractivity contribution is 0.486. The predicted octanol–water partition coefficient (Wildman–Crippen LogP) is 5.80.